The molecule has 0 radical (unpaired) electrons. The Bertz CT molecular complexity index is 573. The maximum absolute atomic E-state index is 13.8. The summed E-state index contributed by atoms with van der Waals surface area (Å²) in [6, 6.07) is 7.35. The normalized spacial score (nSPS) is 12.4. The van der Waals surface area contributed by atoms with E-state index >= 15 is 0 Å². The zero-order valence-corrected chi connectivity index (χ0v) is 13.9. The van der Waals surface area contributed by atoms with E-state index in [9.17, 15) is 4.39 Å². The summed E-state index contributed by atoms with van der Waals surface area (Å²) < 4.78 is 19.9. The minimum atomic E-state index is -0.319. The van der Waals surface area contributed by atoms with Gasteiger partial charge in [0.2, 0.25) is 0 Å². The van der Waals surface area contributed by atoms with Crippen molar-refractivity contribution in [2.24, 2.45) is 0 Å². The molecule has 0 saturated heterocycles. The molecule has 1 atom stereocenters. The van der Waals surface area contributed by atoms with E-state index in [0.29, 0.717) is 0 Å². The number of rotatable bonds is 6. The van der Waals surface area contributed by atoms with Gasteiger partial charge in [0.1, 0.15) is 0 Å². The van der Waals surface area contributed by atoms with Gasteiger partial charge in [0.05, 0.1) is 7.11 Å². The molecule has 1 aromatic carbocycles. The number of benzene rings is 1. The number of thiophene rings is 1. The van der Waals surface area contributed by atoms with Crippen molar-refractivity contribution < 1.29 is 9.13 Å². The summed E-state index contributed by atoms with van der Waals surface area (Å²) in [5, 5.41) is 5.47. The van der Waals surface area contributed by atoms with Crippen LogP contribution >= 0.6 is 27.3 Å². The van der Waals surface area contributed by atoms with Crippen molar-refractivity contribution in [2.45, 2.75) is 19.4 Å². The van der Waals surface area contributed by atoms with Gasteiger partial charge in [0.25, 0.3) is 0 Å². The fraction of sp³-hybridized carbons (Fsp3) is 0.333. The third-order valence-electron chi connectivity index (χ3n) is 3.06. The van der Waals surface area contributed by atoms with Gasteiger partial charge in [-0.15, -0.1) is 11.3 Å². The van der Waals surface area contributed by atoms with Crippen molar-refractivity contribution in [2.75, 3.05) is 13.7 Å². The summed E-state index contributed by atoms with van der Waals surface area (Å²) in [4.78, 5) is 1.26. The second-order valence-corrected chi connectivity index (χ2v) is 6.35. The molecule has 1 heterocycles. The van der Waals surface area contributed by atoms with E-state index in [4.69, 9.17) is 4.74 Å². The van der Waals surface area contributed by atoms with E-state index in [1.807, 2.05) is 6.07 Å². The van der Waals surface area contributed by atoms with Crippen LogP contribution < -0.4 is 10.1 Å². The lowest BCUT2D eigenvalue weighted by Crippen LogP contribution is -2.22. The topological polar surface area (TPSA) is 21.3 Å². The Hall–Kier alpha value is -0.910. The molecule has 0 bridgehead atoms. The lowest BCUT2D eigenvalue weighted by atomic mass is 10.0. The molecule has 0 saturated carbocycles. The number of nitrogens with one attached hydrogen (secondary N) is 1. The Kier molecular flexibility index (Phi) is 5.57. The van der Waals surface area contributed by atoms with E-state index in [0.717, 1.165) is 23.0 Å². The molecule has 1 unspecified atom stereocenters. The maximum atomic E-state index is 13.8. The van der Waals surface area contributed by atoms with Gasteiger partial charge in [-0.3, -0.25) is 0 Å². The SMILES string of the molecule is CCNC(Cc1cc(Br)cs1)c1ccc(OC)c(F)c1. The van der Waals surface area contributed by atoms with Crippen LogP contribution in [0, 0.1) is 5.82 Å². The molecule has 108 valence electrons. The van der Waals surface area contributed by atoms with Gasteiger partial charge in [0.15, 0.2) is 11.6 Å². The lowest BCUT2D eigenvalue weighted by Gasteiger charge is -2.18. The number of hydrogen-bond donors (Lipinski definition) is 1. The number of halogens is 2. The average molecular weight is 358 g/mol. The fourth-order valence-electron chi connectivity index (χ4n) is 2.12. The summed E-state index contributed by atoms with van der Waals surface area (Å²) in [5.74, 6) is -0.0388. The second-order valence-electron chi connectivity index (χ2n) is 4.44. The van der Waals surface area contributed by atoms with Crippen LogP contribution in [0.25, 0.3) is 0 Å². The Labute approximate surface area is 131 Å². The zero-order chi connectivity index (χ0) is 14.5. The van der Waals surface area contributed by atoms with Gasteiger partial charge in [-0.2, -0.15) is 0 Å². The van der Waals surface area contributed by atoms with E-state index < -0.39 is 0 Å². The van der Waals surface area contributed by atoms with Crippen LogP contribution in [0.2, 0.25) is 0 Å². The summed E-state index contributed by atoms with van der Waals surface area (Å²) in [5.41, 5.74) is 0.940. The monoisotopic (exact) mass is 357 g/mol. The van der Waals surface area contributed by atoms with Crippen LogP contribution in [0.3, 0.4) is 0 Å². The van der Waals surface area contributed by atoms with E-state index in [2.05, 4.69) is 39.6 Å². The number of ether oxygens (including phenoxy) is 1. The highest BCUT2D eigenvalue weighted by atomic mass is 79.9. The third-order valence-corrected chi connectivity index (χ3v) is 4.78. The van der Waals surface area contributed by atoms with Crippen molar-refractivity contribution in [3.63, 3.8) is 0 Å². The molecule has 0 aliphatic rings. The molecular weight excluding hydrogens is 341 g/mol. The standard InChI is InChI=1S/C15H17BrFNOS/c1-3-18-14(8-12-7-11(16)9-20-12)10-4-5-15(19-2)13(17)6-10/h4-7,9,14,18H,3,8H2,1-2H3. The van der Waals surface area contributed by atoms with Crippen LogP contribution in [-0.2, 0) is 6.42 Å². The molecule has 0 spiro atoms. The smallest absolute Gasteiger partial charge is 0.165 e. The van der Waals surface area contributed by atoms with Gasteiger partial charge in [-0.25, -0.2) is 4.39 Å². The highest BCUT2D eigenvalue weighted by Crippen LogP contribution is 2.27. The van der Waals surface area contributed by atoms with Crippen LogP contribution in [0.1, 0.15) is 23.4 Å². The van der Waals surface area contributed by atoms with Crippen LogP contribution in [0.5, 0.6) is 5.75 Å². The van der Waals surface area contributed by atoms with Gasteiger partial charge < -0.3 is 10.1 Å². The predicted octanol–water partition coefficient (Wildman–Crippen LogP) is 4.55. The highest BCUT2D eigenvalue weighted by molar-refractivity contribution is 9.10. The predicted molar refractivity (Wildman–Crippen MR) is 85.1 cm³/mol. The molecule has 2 aromatic rings. The third kappa shape index (κ3) is 3.81. The summed E-state index contributed by atoms with van der Waals surface area (Å²) in [6.45, 7) is 2.89. The molecule has 5 heteroatoms. The molecule has 1 N–H and O–H groups in total. The molecule has 0 amide bonds. The van der Waals surface area contributed by atoms with Crippen molar-refractivity contribution in [1.29, 1.82) is 0 Å². The first kappa shape index (κ1) is 15.5. The quantitative estimate of drug-likeness (QED) is 0.818. The lowest BCUT2D eigenvalue weighted by molar-refractivity contribution is 0.385. The first-order valence-electron chi connectivity index (χ1n) is 6.43. The molecule has 2 rings (SSSR count). The summed E-state index contributed by atoms with van der Waals surface area (Å²) in [7, 11) is 1.48. The Balaban J connectivity index is 2.21. The summed E-state index contributed by atoms with van der Waals surface area (Å²) >= 11 is 5.17. The maximum Gasteiger partial charge on any atom is 0.165 e. The van der Waals surface area contributed by atoms with E-state index in [-0.39, 0.29) is 17.6 Å². The minimum absolute atomic E-state index is 0.103. The van der Waals surface area contributed by atoms with Gasteiger partial charge in [0, 0.05) is 27.2 Å². The van der Waals surface area contributed by atoms with Crippen molar-refractivity contribution in [1.82, 2.24) is 5.32 Å². The number of hydrogen-bond acceptors (Lipinski definition) is 3. The molecule has 0 fully saturated rings. The van der Waals surface area contributed by atoms with Crippen LogP contribution in [-0.4, -0.2) is 13.7 Å². The van der Waals surface area contributed by atoms with Gasteiger partial charge in [-0.1, -0.05) is 13.0 Å². The largest absolute Gasteiger partial charge is 0.494 e. The van der Waals surface area contributed by atoms with Crippen molar-refractivity contribution in [3.05, 3.63) is 50.4 Å². The molecule has 0 aliphatic heterocycles. The fourth-order valence-corrected chi connectivity index (χ4v) is 3.61. The molecular formula is C15H17BrFNOS. The first-order valence-corrected chi connectivity index (χ1v) is 8.11. The highest BCUT2D eigenvalue weighted by Gasteiger charge is 2.14. The van der Waals surface area contributed by atoms with Crippen LogP contribution in [0.4, 0.5) is 4.39 Å². The van der Waals surface area contributed by atoms with Gasteiger partial charge >= 0.3 is 0 Å². The van der Waals surface area contributed by atoms with Crippen molar-refractivity contribution >= 4 is 27.3 Å². The van der Waals surface area contributed by atoms with E-state index in [1.54, 1.807) is 23.5 Å². The Morgan fingerprint density at radius 2 is 2.20 bits per heavy atom. The molecule has 0 aliphatic carbocycles. The van der Waals surface area contributed by atoms with E-state index in [1.165, 1.54) is 12.0 Å². The molecule has 2 nitrogen and oxygen atoms in total. The summed E-state index contributed by atoms with van der Waals surface area (Å²) in [6.07, 6.45) is 0.843. The minimum Gasteiger partial charge on any atom is -0.494 e. The zero-order valence-electron chi connectivity index (χ0n) is 11.5. The molecule has 1 aromatic heterocycles. The van der Waals surface area contributed by atoms with Gasteiger partial charge in [-0.05, 0) is 46.2 Å². The number of likely N-dealkylation sites (N-methyl/N-ethyl adjacent to an activating group) is 1. The Morgan fingerprint density at radius 1 is 1.40 bits per heavy atom. The number of methoxy groups -OCH3 is 1. The average Bonchev–Trinajstić information content (AvgIpc) is 2.83. The second kappa shape index (κ2) is 7.20. The first-order chi connectivity index (χ1) is 9.63. The molecule has 20 heavy (non-hydrogen) atoms. The van der Waals surface area contributed by atoms with Crippen molar-refractivity contribution in [3.8, 4) is 5.75 Å². The Morgan fingerprint density at radius 3 is 2.75 bits per heavy atom. The van der Waals surface area contributed by atoms with Crippen LogP contribution in [0.15, 0.2) is 34.1 Å².